The van der Waals surface area contributed by atoms with E-state index in [4.69, 9.17) is 0 Å². The molecule has 1 aromatic heterocycles. The lowest BCUT2D eigenvalue weighted by molar-refractivity contribution is -0.134. The monoisotopic (exact) mass is 392 g/mol. The first-order chi connectivity index (χ1) is 13.0. The SMILES string of the molecule is CC(NC(=O)c1cccs1)C(=O)N1CCN(C(=O)NC2CCCCC2)CC1. The summed E-state index contributed by atoms with van der Waals surface area (Å²) in [5.74, 6) is -0.330. The van der Waals surface area contributed by atoms with Crippen molar-refractivity contribution in [2.45, 2.75) is 51.1 Å². The van der Waals surface area contributed by atoms with Gasteiger partial charge in [0, 0.05) is 32.2 Å². The summed E-state index contributed by atoms with van der Waals surface area (Å²) >= 11 is 1.35. The third-order valence-corrected chi connectivity index (χ3v) is 6.14. The Labute approximate surface area is 164 Å². The number of nitrogens with zero attached hydrogens (tertiary/aromatic N) is 2. The molecule has 1 saturated heterocycles. The van der Waals surface area contributed by atoms with E-state index >= 15 is 0 Å². The van der Waals surface area contributed by atoms with Crippen LogP contribution in [-0.4, -0.2) is 65.9 Å². The summed E-state index contributed by atoms with van der Waals surface area (Å²) in [4.78, 5) is 41.2. The lowest BCUT2D eigenvalue weighted by Gasteiger charge is -2.37. The molecule has 1 saturated carbocycles. The Bertz CT molecular complexity index is 650. The zero-order valence-corrected chi connectivity index (χ0v) is 16.6. The van der Waals surface area contributed by atoms with E-state index in [1.165, 1.54) is 30.6 Å². The van der Waals surface area contributed by atoms with Gasteiger partial charge in [-0.05, 0) is 31.2 Å². The molecule has 2 fully saturated rings. The Hall–Kier alpha value is -2.09. The summed E-state index contributed by atoms with van der Waals surface area (Å²) in [5.41, 5.74) is 0. The molecule has 0 aromatic carbocycles. The summed E-state index contributed by atoms with van der Waals surface area (Å²) in [6.45, 7) is 3.74. The minimum atomic E-state index is -0.581. The second-order valence-corrected chi connectivity index (χ2v) is 8.22. The smallest absolute Gasteiger partial charge is 0.317 e. The van der Waals surface area contributed by atoms with Gasteiger partial charge in [0.1, 0.15) is 6.04 Å². The van der Waals surface area contributed by atoms with Gasteiger partial charge in [-0.2, -0.15) is 0 Å². The molecular formula is C19H28N4O3S. The highest BCUT2D eigenvalue weighted by molar-refractivity contribution is 7.12. The van der Waals surface area contributed by atoms with Gasteiger partial charge >= 0.3 is 6.03 Å². The number of thiophene rings is 1. The number of amides is 4. The highest BCUT2D eigenvalue weighted by Gasteiger charge is 2.28. The predicted octanol–water partition coefficient (Wildman–Crippen LogP) is 2.05. The van der Waals surface area contributed by atoms with Crippen molar-refractivity contribution in [2.75, 3.05) is 26.2 Å². The number of carbonyl (C=O) groups excluding carboxylic acids is 3. The molecule has 1 aliphatic carbocycles. The third kappa shape index (κ3) is 5.22. The molecule has 0 spiro atoms. The molecule has 4 amide bonds. The van der Waals surface area contributed by atoms with Gasteiger partial charge in [0.05, 0.1) is 4.88 Å². The first-order valence-corrected chi connectivity index (χ1v) is 10.6. The van der Waals surface area contributed by atoms with Crippen LogP contribution in [0.5, 0.6) is 0 Å². The van der Waals surface area contributed by atoms with Crippen LogP contribution < -0.4 is 10.6 Å². The topological polar surface area (TPSA) is 81.8 Å². The minimum absolute atomic E-state index is 0.0203. The second kappa shape index (κ2) is 9.21. The Morgan fingerprint density at radius 1 is 1.07 bits per heavy atom. The predicted molar refractivity (Wildman–Crippen MR) is 105 cm³/mol. The molecule has 27 heavy (non-hydrogen) atoms. The van der Waals surface area contributed by atoms with E-state index < -0.39 is 6.04 Å². The number of rotatable bonds is 4. The fourth-order valence-corrected chi connectivity index (χ4v) is 4.28. The number of hydrogen-bond donors (Lipinski definition) is 2. The molecule has 8 heteroatoms. The summed E-state index contributed by atoms with van der Waals surface area (Å²) in [6.07, 6.45) is 5.75. The van der Waals surface area contributed by atoms with Crippen molar-refractivity contribution >= 4 is 29.2 Å². The van der Waals surface area contributed by atoms with E-state index in [9.17, 15) is 14.4 Å². The molecule has 1 aliphatic heterocycles. The van der Waals surface area contributed by atoms with Crippen LogP contribution in [0.3, 0.4) is 0 Å². The van der Waals surface area contributed by atoms with E-state index in [0.29, 0.717) is 37.1 Å². The van der Waals surface area contributed by atoms with Crippen LogP contribution in [0.2, 0.25) is 0 Å². The molecule has 0 bridgehead atoms. The minimum Gasteiger partial charge on any atom is -0.340 e. The molecule has 0 radical (unpaired) electrons. The van der Waals surface area contributed by atoms with Gasteiger partial charge in [-0.3, -0.25) is 9.59 Å². The lowest BCUT2D eigenvalue weighted by atomic mass is 9.96. The van der Waals surface area contributed by atoms with Gasteiger partial charge in [0.2, 0.25) is 5.91 Å². The molecule has 1 unspecified atom stereocenters. The molecule has 1 aromatic rings. The molecule has 2 heterocycles. The third-order valence-electron chi connectivity index (χ3n) is 5.27. The molecule has 2 N–H and O–H groups in total. The van der Waals surface area contributed by atoms with Crippen molar-refractivity contribution in [3.8, 4) is 0 Å². The number of nitrogens with one attached hydrogen (secondary N) is 2. The maximum atomic E-state index is 12.6. The van der Waals surface area contributed by atoms with Gasteiger partial charge in [-0.15, -0.1) is 11.3 Å². The molecule has 3 rings (SSSR count). The Kier molecular flexibility index (Phi) is 6.71. The van der Waals surface area contributed by atoms with Crippen LogP contribution in [0.4, 0.5) is 4.79 Å². The molecule has 148 valence electrons. The van der Waals surface area contributed by atoms with Crippen molar-refractivity contribution < 1.29 is 14.4 Å². The van der Waals surface area contributed by atoms with E-state index in [-0.39, 0.29) is 17.8 Å². The van der Waals surface area contributed by atoms with Crippen molar-refractivity contribution in [3.63, 3.8) is 0 Å². The quantitative estimate of drug-likeness (QED) is 0.823. The van der Waals surface area contributed by atoms with Gasteiger partial charge in [0.25, 0.3) is 5.91 Å². The van der Waals surface area contributed by atoms with Gasteiger partial charge < -0.3 is 20.4 Å². The Morgan fingerprint density at radius 3 is 2.37 bits per heavy atom. The average molecular weight is 393 g/mol. The summed E-state index contributed by atoms with van der Waals surface area (Å²) < 4.78 is 0. The van der Waals surface area contributed by atoms with Crippen LogP contribution in [0.15, 0.2) is 17.5 Å². The number of piperazine rings is 1. The first-order valence-electron chi connectivity index (χ1n) is 9.73. The first kappa shape index (κ1) is 19.7. The number of urea groups is 1. The molecule has 2 aliphatic rings. The van der Waals surface area contributed by atoms with Crippen LogP contribution in [0.1, 0.15) is 48.7 Å². The van der Waals surface area contributed by atoms with Crippen molar-refractivity contribution in [3.05, 3.63) is 22.4 Å². The van der Waals surface area contributed by atoms with Crippen molar-refractivity contribution in [1.82, 2.24) is 20.4 Å². The number of carbonyl (C=O) groups is 3. The van der Waals surface area contributed by atoms with Crippen LogP contribution in [0.25, 0.3) is 0 Å². The van der Waals surface area contributed by atoms with E-state index in [1.54, 1.807) is 22.8 Å². The van der Waals surface area contributed by atoms with Crippen LogP contribution >= 0.6 is 11.3 Å². The van der Waals surface area contributed by atoms with Gasteiger partial charge in [-0.25, -0.2) is 4.79 Å². The highest BCUT2D eigenvalue weighted by Crippen LogP contribution is 2.18. The standard InChI is InChI=1S/C19H28N4O3S/c1-14(20-17(24)16-8-5-13-27-16)18(25)22-9-11-23(12-10-22)19(26)21-15-6-3-2-4-7-15/h5,8,13-15H,2-4,6-7,9-12H2,1H3,(H,20,24)(H,21,26). The largest absolute Gasteiger partial charge is 0.340 e. The lowest BCUT2D eigenvalue weighted by Crippen LogP contribution is -2.57. The Balaban J connectivity index is 1.43. The van der Waals surface area contributed by atoms with Crippen molar-refractivity contribution in [2.24, 2.45) is 0 Å². The fraction of sp³-hybridized carbons (Fsp3) is 0.632. The molecule has 7 nitrogen and oxygen atoms in total. The maximum Gasteiger partial charge on any atom is 0.317 e. The molecule has 1 atom stereocenters. The zero-order chi connectivity index (χ0) is 19.2. The normalized spacial score (nSPS) is 19.4. The van der Waals surface area contributed by atoms with E-state index in [1.807, 2.05) is 11.4 Å². The second-order valence-electron chi connectivity index (χ2n) is 7.27. The maximum absolute atomic E-state index is 12.6. The number of hydrogen-bond acceptors (Lipinski definition) is 4. The fourth-order valence-electron chi connectivity index (χ4n) is 3.65. The highest BCUT2D eigenvalue weighted by atomic mass is 32.1. The zero-order valence-electron chi connectivity index (χ0n) is 15.8. The van der Waals surface area contributed by atoms with Crippen molar-refractivity contribution in [1.29, 1.82) is 0 Å². The van der Waals surface area contributed by atoms with Crippen LogP contribution in [-0.2, 0) is 4.79 Å². The van der Waals surface area contributed by atoms with Crippen LogP contribution in [0, 0.1) is 0 Å². The van der Waals surface area contributed by atoms with E-state index in [2.05, 4.69) is 10.6 Å². The van der Waals surface area contributed by atoms with E-state index in [0.717, 1.165) is 12.8 Å². The Morgan fingerprint density at radius 2 is 1.74 bits per heavy atom. The summed E-state index contributed by atoms with van der Waals surface area (Å²) in [5, 5.41) is 7.71. The molecular weight excluding hydrogens is 364 g/mol. The average Bonchev–Trinajstić information content (AvgIpc) is 3.23. The summed E-state index contributed by atoms with van der Waals surface area (Å²) in [7, 11) is 0. The van der Waals surface area contributed by atoms with Gasteiger partial charge in [0.15, 0.2) is 0 Å². The summed E-state index contributed by atoms with van der Waals surface area (Å²) in [6, 6.07) is 3.23. The van der Waals surface area contributed by atoms with Gasteiger partial charge in [-0.1, -0.05) is 25.3 Å².